The number of halogens is 1. The Morgan fingerprint density at radius 2 is 2.15 bits per heavy atom. The molecule has 2 aromatic heterocycles. The minimum Gasteiger partial charge on any atom is -0.296 e. The summed E-state index contributed by atoms with van der Waals surface area (Å²) in [6, 6.07) is 3.49. The van der Waals surface area contributed by atoms with Gasteiger partial charge in [0, 0.05) is 17.8 Å². The van der Waals surface area contributed by atoms with Crippen molar-refractivity contribution in [3.8, 4) is 0 Å². The lowest BCUT2D eigenvalue weighted by Crippen LogP contribution is -1.88. The van der Waals surface area contributed by atoms with E-state index in [0.717, 1.165) is 21.7 Å². The molecule has 0 saturated carbocycles. The van der Waals surface area contributed by atoms with Crippen molar-refractivity contribution in [3.05, 3.63) is 34.7 Å². The summed E-state index contributed by atoms with van der Waals surface area (Å²) in [6.45, 7) is 0. The van der Waals surface area contributed by atoms with Crippen LogP contribution >= 0.6 is 15.9 Å². The van der Waals surface area contributed by atoms with Crippen LogP contribution in [0.3, 0.4) is 0 Å². The third-order valence-corrected chi connectivity index (χ3v) is 2.28. The molecule has 0 spiro atoms. The molecule has 4 heteroatoms. The van der Waals surface area contributed by atoms with Crippen LogP contribution in [0.15, 0.2) is 29.0 Å². The fourth-order valence-electron chi connectivity index (χ4n) is 1.09. The zero-order valence-corrected chi connectivity index (χ0v) is 8.15. The first-order chi connectivity index (χ1) is 6.31. The number of aromatic nitrogens is 2. The van der Waals surface area contributed by atoms with Crippen LogP contribution in [0.25, 0.3) is 10.9 Å². The van der Waals surface area contributed by atoms with Gasteiger partial charge in [0.05, 0.1) is 9.99 Å². The first kappa shape index (κ1) is 8.31. The van der Waals surface area contributed by atoms with Crippen molar-refractivity contribution in [3.63, 3.8) is 0 Å². The van der Waals surface area contributed by atoms with E-state index in [0.29, 0.717) is 5.69 Å². The molecule has 0 unspecified atom stereocenters. The predicted octanol–water partition coefficient (Wildman–Crippen LogP) is 2.20. The minimum atomic E-state index is 0.430. The van der Waals surface area contributed by atoms with E-state index in [1.807, 2.05) is 6.07 Å². The number of hydrogen-bond donors (Lipinski definition) is 0. The lowest BCUT2D eigenvalue weighted by Gasteiger charge is -1.98. The van der Waals surface area contributed by atoms with Gasteiger partial charge in [-0.15, -0.1) is 0 Å². The summed E-state index contributed by atoms with van der Waals surface area (Å²) in [4.78, 5) is 18.6. The maximum Gasteiger partial charge on any atom is 0.168 e. The second-order valence-electron chi connectivity index (χ2n) is 2.55. The highest BCUT2D eigenvalue weighted by Gasteiger charge is 2.00. The van der Waals surface area contributed by atoms with Gasteiger partial charge in [-0.2, -0.15) is 0 Å². The van der Waals surface area contributed by atoms with Crippen LogP contribution in [0.2, 0.25) is 0 Å². The van der Waals surface area contributed by atoms with Gasteiger partial charge in [-0.05, 0) is 28.1 Å². The molecule has 3 nitrogen and oxygen atoms in total. The van der Waals surface area contributed by atoms with Crippen molar-refractivity contribution in [1.29, 1.82) is 0 Å². The zero-order valence-electron chi connectivity index (χ0n) is 6.57. The molecule has 0 bridgehead atoms. The monoisotopic (exact) mass is 236 g/mol. The standard InChI is InChI=1S/C9H5BrN2O/c10-8-4-11-3-6-1-2-7(5-13)12-9(6)8/h1-5H. The zero-order chi connectivity index (χ0) is 9.26. The second kappa shape index (κ2) is 3.22. The maximum atomic E-state index is 10.5. The molecule has 64 valence electrons. The molecule has 0 aromatic carbocycles. The van der Waals surface area contributed by atoms with Gasteiger partial charge in [0.15, 0.2) is 6.29 Å². The van der Waals surface area contributed by atoms with Crippen LogP contribution in [-0.2, 0) is 0 Å². The van der Waals surface area contributed by atoms with Crippen molar-refractivity contribution < 1.29 is 4.79 Å². The Hall–Kier alpha value is -1.29. The fraction of sp³-hybridized carbons (Fsp3) is 0. The molecule has 0 radical (unpaired) electrons. The topological polar surface area (TPSA) is 42.9 Å². The van der Waals surface area contributed by atoms with Crippen molar-refractivity contribution in [1.82, 2.24) is 9.97 Å². The molecule has 2 heterocycles. The number of pyridine rings is 2. The Kier molecular flexibility index (Phi) is 2.06. The first-order valence-corrected chi connectivity index (χ1v) is 4.46. The maximum absolute atomic E-state index is 10.5. The molecule has 2 rings (SSSR count). The summed E-state index contributed by atoms with van der Waals surface area (Å²) < 4.78 is 0.800. The van der Waals surface area contributed by atoms with Crippen molar-refractivity contribution in [2.75, 3.05) is 0 Å². The molecule has 2 aromatic rings. The van der Waals surface area contributed by atoms with Gasteiger partial charge in [0.2, 0.25) is 0 Å². The van der Waals surface area contributed by atoms with Gasteiger partial charge < -0.3 is 0 Å². The van der Waals surface area contributed by atoms with Gasteiger partial charge in [-0.3, -0.25) is 9.78 Å². The van der Waals surface area contributed by atoms with Gasteiger partial charge >= 0.3 is 0 Å². The largest absolute Gasteiger partial charge is 0.296 e. The van der Waals surface area contributed by atoms with E-state index in [9.17, 15) is 4.79 Å². The van der Waals surface area contributed by atoms with E-state index in [1.165, 1.54) is 0 Å². The highest BCUT2D eigenvalue weighted by atomic mass is 79.9. The summed E-state index contributed by atoms with van der Waals surface area (Å²) in [5.74, 6) is 0. The highest BCUT2D eigenvalue weighted by molar-refractivity contribution is 9.10. The van der Waals surface area contributed by atoms with E-state index in [2.05, 4.69) is 25.9 Å². The van der Waals surface area contributed by atoms with Crippen LogP contribution < -0.4 is 0 Å². The fourth-order valence-corrected chi connectivity index (χ4v) is 1.53. The van der Waals surface area contributed by atoms with Crippen LogP contribution in [0, 0.1) is 0 Å². The second-order valence-corrected chi connectivity index (χ2v) is 3.40. The van der Waals surface area contributed by atoms with Crippen LogP contribution in [-0.4, -0.2) is 16.3 Å². The Bertz CT molecular complexity index is 470. The number of hydrogen-bond acceptors (Lipinski definition) is 3. The average Bonchev–Trinajstić information content (AvgIpc) is 2.18. The minimum absolute atomic E-state index is 0.430. The molecule has 0 fully saturated rings. The smallest absolute Gasteiger partial charge is 0.168 e. The number of carbonyl (C=O) groups excluding carboxylic acids is 1. The summed E-state index contributed by atoms with van der Waals surface area (Å²) in [5, 5.41) is 0.917. The van der Waals surface area contributed by atoms with Crippen molar-refractivity contribution in [2.24, 2.45) is 0 Å². The van der Waals surface area contributed by atoms with Crippen molar-refractivity contribution in [2.45, 2.75) is 0 Å². The first-order valence-electron chi connectivity index (χ1n) is 3.67. The average molecular weight is 237 g/mol. The Morgan fingerprint density at radius 3 is 2.92 bits per heavy atom. The Balaban J connectivity index is 2.81. The van der Waals surface area contributed by atoms with E-state index in [1.54, 1.807) is 18.5 Å². The van der Waals surface area contributed by atoms with E-state index < -0.39 is 0 Å². The van der Waals surface area contributed by atoms with Crippen LogP contribution in [0.4, 0.5) is 0 Å². The number of fused-ring (bicyclic) bond motifs is 1. The summed E-state index contributed by atoms with van der Waals surface area (Å²) in [7, 11) is 0. The molecule has 0 aliphatic rings. The number of nitrogens with zero attached hydrogens (tertiary/aromatic N) is 2. The van der Waals surface area contributed by atoms with Gasteiger partial charge in [0.1, 0.15) is 5.69 Å². The molecular weight excluding hydrogens is 232 g/mol. The van der Waals surface area contributed by atoms with E-state index in [4.69, 9.17) is 0 Å². The van der Waals surface area contributed by atoms with Gasteiger partial charge in [-0.25, -0.2) is 4.98 Å². The van der Waals surface area contributed by atoms with Gasteiger partial charge in [0.25, 0.3) is 0 Å². The third-order valence-electron chi connectivity index (χ3n) is 1.70. The summed E-state index contributed by atoms with van der Waals surface area (Å²) in [5.41, 5.74) is 1.19. The summed E-state index contributed by atoms with van der Waals surface area (Å²) >= 11 is 3.32. The van der Waals surface area contributed by atoms with Crippen LogP contribution in [0.1, 0.15) is 10.5 Å². The third kappa shape index (κ3) is 1.45. The lowest BCUT2D eigenvalue weighted by atomic mass is 10.2. The predicted molar refractivity (Wildman–Crippen MR) is 52.6 cm³/mol. The molecule has 0 atom stereocenters. The quantitative estimate of drug-likeness (QED) is 0.714. The number of aldehydes is 1. The lowest BCUT2D eigenvalue weighted by molar-refractivity contribution is 0.111. The SMILES string of the molecule is O=Cc1ccc2cncc(Br)c2n1. The Morgan fingerprint density at radius 1 is 1.31 bits per heavy atom. The molecule has 0 amide bonds. The molecule has 13 heavy (non-hydrogen) atoms. The Labute approximate surface area is 82.9 Å². The molecule has 0 N–H and O–H groups in total. The van der Waals surface area contributed by atoms with E-state index in [-0.39, 0.29) is 0 Å². The van der Waals surface area contributed by atoms with Gasteiger partial charge in [-0.1, -0.05) is 0 Å². The van der Waals surface area contributed by atoms with E-state index >= 15 is 0 Å². The van der Waals surface area contributed by atoms with Crippen molar-refractivity contribution >= 4 is 33.1 Å². The molecule has 0 saturated heterocycles. The normalized spacial score (nSPS) is 10.2. The molecular formula is C9H5BrN2O. The number of rotatable bonds is 1. The van der Waals surface area contributed by atoms with Crippen LogP contribution in [0.5, 0.6) is 0 Å². The number of carbonyl (C=O) groups is 1. The molecule has 0 aliphatic heterocycles. The highest BCUT2D eigenvalue weighted by Crippen LogP contribution is 2.19. The summed E-state index contributed by atoms with van der Waals surface area (Å²) in [6.07, 6.45) is 4.10. The molecule has 0 aliphatic carbocycles.